The lowest BCUT2D eigenvalue weighted by Crippen LogP contribution is -2.20. The van der Waals surface area contributed by atoms with Crippen molar-refractivity contribution in [3.63, 3.8) is 0 Å². The Morgan fingerprint density at radius 1 is 1.19 bits per heavy atom. The van der Waals surface area contributed by atoms with Gasteiger partial charge >= 0.3 is 0 Å². The number of rotatable bonds is 6. The maximum Gasteiger partial charge on any atom is 0.134 e. The topological polar surface area (TPSA) is 30.5 Å². The molecule has 0 amide bonds. The summed E-state index contributed by atoms with van der Waals surface area (Å²) in [6.45, 7) is 4.51. The number of benzene rings is 1. The lowest BCUT2D eigenvalue weighted by molar-refractivity contribution is 0.312. The van der Waals surface area contributed by atoms with Crippen molar-refractivity contribution < 1.29 is 9.47 Å². The van der Waals surface area contributed by atoms with Crippen molar-refractivity contribution >= 4 is 31.9 Å². The van der Waals surface area contributed by atoms with Gasteiger partial charge in [0.25, 0.3) is 0 Å². The summed E-state index contributed by atoms with van der Waals surface area (Å²) in [6, 6.07) is 3.78. The molecular weight excluding hydrogens is 338 g/mol. The lowest BCUT2D eigenvalue weighted by Gasteiger charge is -2.11. The second-order valence-electron chi connectivity index (χ2n) is 3.12. The summed E-state index contributed by atoms with van der Waals surface area (Å²) in [5.74, 6) is 1.59. The molecule has 0 bridgehead atoms. The predicted octanol–water partition coefficient (Wildman–Crippen LogP) is 3.21. The summed E-state index contributed by atoms with van der Waals surface area (Å²) < 4.78 is 12.6. The minimum absolute atomic E-state index is 0.644. The Kier molecular flexibility index (Phi) is 6.16. The molecule has 1 rings (SSSR count). The zero-order valence-electron chi connectivity index (χ0n) is 9.35. The largest absolute Gasteiger partial charge is 0.496 e. The molecule has 1 aromatic rings. The van der Waals surface area contributed by atoms with E-state index in [0.29, 0.717) is 6.61 Å². The van der Waals surface area contributed by atoms with Crippen molar-refractivity contribution in [2.75, 3.05) is 26.8 Å². The van der Waals surface area contributed by atoms with E-state index < -0.39 is 0 Å². The van der Waals surface area contributed by atoms with Gasteiger partial charge in [0.05, 0.1) is 16.1 Å². The van der Waals surface area contributed by atoms with Gasteiger partial charge in [-0.3, -0.25) is 0 Å². The van der Waals surface area contributed by atoms with E-state index in [2.05, 4.69) is 44.1 Å². The van der Waals surface area contributed by atoms with Crippen LogP contribution in [0.4, 0.5) is 0 Å². The molecule has 0 heterocycles. The number of nitrogens with one attached hydrogen (secondary N) is 1. The average Bonchev–Trinajstić information content (AvgIpc) is 2.28. The number of methoxy groups -OCH3 is 1. The number of ether oxygens (including phenoxy) is 2. The highest BCUT2D eigenvalue weighted by atomic mass is 79.9. The molecule has 0 saturated carbocycles. The highest BCUT2D eigenvalue weighted by Crippen LogP contribution is 2.35. The quantitative estimate of drug-likeness (QED) is 0.797. The molecule has 0 aliphatic heterocycles. The Hall–Kier alpha value is -0.260. The van der Waals surface area contributed by atoms with Crippen molar-refractivity contribution in [1.29, 1.82) is 0 Å². The van der Waals surface area contributed by atoms with E-state index in [9.17, 15) is 0 Å². The fourth-order valence-electron chi connectivity index (χ4n) is 1.19. The van der Waals surface area contributed by atoms with Gasteiger partial charge in [0.2, 0.25) is 0 Å². The molecule has 0 aromatic heterocycles. The van der Waals surface area contributed by atoms with Crippen molar-refractivity contribution in [3.05, 3.63) is 21.1 Å². The average molecular weight is 353 g/mol. The van der Waals surface area contributed by atoms with E-state index in [1.165, 1.54) is 0 Å². The highest BCUT2D eigenvalue weighted by molar-refractivity contribution is 9.11. The van der Waals surface area contributed by atoms with E-state index in [4.69, 9.17) is 9.47 Å². The molecule has 0 saturated heterocycles. The van der Waals surface area contributed by atoms with Crippen LogP contribution in [0.3, 0.4) is 0 Å². The normalized spacial score (nSPS) is 10.2. The van der Waals surface area contributed by atoms with Crippen LogP contribution in [0.25, 0.3) is 0 Å². The molecule has 1 aromatic carbocycles. The van der Waals surface area contributed by atoms with E-state index >= 15 is 0 Å². The standard InChI is InChI=1S/C11H15Br2NO2/c1-3-14-4-5-16-11-7-8(12)10(15-2)6-9(11)13/h6-7,14H,3-5H2,1-2H3. The first-order valence-corrected chi connectivity index (χ1v) is 6.64. The van der Waals surface area contributed by atoms with Crippen LogP contribution in [-0.2, 0) is 0 Å². The minimum atomic E-state index is 0.644. The summed E-state index contributed by atoms with van der Waals surface area (Å²) in [7, 11) is 1.64. The summed E-state index contributed by atoms with van der Waals surface area (Å²) >= 11 is 6.87. The van der Waals surface area contributed by atoms with Gasteiger partial charge in [0.15, 0.2) is 0 Å². The van der Waals surface area contributed by atoms with E-state index in [1.807, 2.05) is 12.1 Å². The van der Waals surface area contributed by atoms with Crippen LogP contribution >= 0.6 is 31.9 Å². The molecule has 0 spiro atoms. The number of hydrogen-bond acceptors (Lipinski definition) is 3. The zero-order chi connectivity index (χ0) is 12.0. The third-order valence-corrected chi connectivity index (χ3v) is 3.23. The van der Waals surface area contributed by atoms with Gasteiger partial charge in [0, 0.05) is 6.54 Å². The van der Waals surface area contributed by atoms with Crippen molar-refractivity contribution in [3.8, 4) is 11.5 Å². The van der Waals surface area contributed by atoms with E-state index in [1.54, 1.807) is 7.11 Å². The van der Waals surface area contributed by atoms with Crippen LogP contribution < -0.4 is 14.8 Å². The Morgan fingerprint density at radius 3 is 2.44 bits per heavy atom. The molecule has 0 unspecified atom stereocenters. The Morgan fingerprint density at radius 2 is 1.81 bits per heavy atom. The van der Waals surface area contributed by atoms with Crippen LogP contribution in [-0.4, -0.2) is 26.8 Å². The monoisotopic (exact) mass is 351 g/mol. The first-order valence-electron chi connectivity index (χ1n) is 5.05. The fourth-order valence-corrected chi connectivity index (χ4v) is 2.11. The van der Waals surface area contributed by atoms with Crippen LogP contribution in [0, 0.1) is 0 Å². The van der Waals surface area contributed by atoms with Crippen molar-refractivity contribution in [1.82, 2.24) is 5.32 Å². The first kappa shape index (κ1) is 13.8. The van der Waals surface area contributed by atoms with E-state index in [-0.39, 0.29) is 0 Å². The van der Waals surface area contributed by atoms with Crippen molar-refractivity contribution in [2.24, 2.45) is 0 Å². The molecule has 0 atom stereocenters. The second-order valence-corrected chi connectivity index (χ2v) is 4.83. The first-order chi connectivity index (χ1) is 7.69. The van der Waals surface area contributed by atoms with Crippen LogP contribution in [0.1, 0.15) is 6.92 Å². The van der Waals surface area contributed by atoms with Gasteiger partial charge in [-0.15, -0.1) is 0 Å². The SMILES string of the molecule is CCNCCOc1cc(Br)c(OC)cc1Br. The third kappa shape index (κ3) is 3.96. The molecule has 5 heteroatoms. The molecule has 1 N–H and O–H groups in total. The molecule has 90 valence electrons. The second kappa shape index (κ2) is 7.14. The summed E-state index contributed by atoms with van der Waals surface area (Å²) in [5, 5.41) is 3.20. The molecule has 16 heavy (non-hydrogen) atoms. The van der Waals surface area contributed by atoms with Gasteiger partial charge in [-0.1, -0.05) is 6.92 Å². The Balaban J connectivity index is 2.63. The lowest BCUT2D eigenvalue weighted by atomic mass is 10.3. The number of halogens is 2. The van der Waals surface area contributed by atoms with Crippen LogP contribution in [0.15, 0.2) is 21.1 Å². The minimum Gasteiger partial charge on any atom is -0.496 e. The van der Waals surface area contributed by atoms with Gasteiger partial charge in [-0.2, -0.15) is 0 Å². The maximum atomic E-state index is 5.62. The molecule has 0 aliphatic carbocycles. The molecule has 0 fully saturated rings. The summed E-state index contributed by atoms with van der Waals surface area (Å²) in [4.78, 5) is 0. The molecule has 0 radical (unpaired) electrons. The summed E-state index contributed by atoms with van der Waals surface area (Å²) in [5.41, 5.74) is 0. The highest BCUT2D eigenvalue weighted by Gasteiger charge is 2.07. The zero-order valence-corrected chi connectivity index (χ0v) is 12.5. The van der Waals surface area contributed by atoms with Crippen molar-refractivity contribution in [2.45, 2.75) is 6.92 Å². The summed E-state index contributed by atoms with van der Waals surface area (Å²) in [6.07, 6.45) is 0. The third-order valence-electron chi connectivity index (χ3n) is 1.99. The van der Waals surface area contributed by atoms with E-state index in [0.717, 1.165) is 33.5 Å². The maximum absolute atomic E-state index is 5.62. The smallest absolute Gasteiger partial charge is 0.134 e. The Bertz CT molecular complexity index is 345. The van der Waals surface area contributed by atoms with Crippen LogP contribution in [0.5, 0.6) is 11.5 Å². The van der Waals surface area contributed by atoms with Gasteiger partial charge < -0.3 is 14.8 Å². The Labute approximate surface area is 113 Å². The molecular formula is C11H15Br2NO2. The van der Waals surface area contributed by atoms with Gasteiger partial charge in [0.1, 0.15) is 18.1 Å². The van der Waals surface area contributed by atoms with Crippen LogP contribution in [0.2, 0.25) is 0 Å². The molecule has 0 aliphatic rings. The van der Waals surface area contributed by atoms with Gasteiger partial charge in [-0.05, 0) is 50.5 Å². The number of hydrogen-bond donors (Lipinski definition) is 1. The molecule has 3 nitrogen and oxygen atoms in total. The number of likely N-dealkylation sites (N-methyl/N-ethyl adjacent to an activating group) is 1. The fraction of sp³-hybridized carbons (Fsp3) is 0.455. The predicted molar refractivity (Wildman–Crippen MR) is 72.4 cm³/mol. The van der Waals surface area contributed by atoms with Gasteiger partial charge in [-0.25, -0.2) is 0 Å².